The first-order chi connectivity index (χ1) is 0. The van der Waals surface area contributed by atoms with Crippen LogP contribution in [0.15, 0.2) is 0 Å². The monoisotopic (exact) mass is 384 g/mol. The molecule has 0 nitrogen and oxygen atoms in total. The molecule has 0 aliphatic rings. The molecule has 0 fully saturated rings. The van der Waals surface area contributed by atoms with E-state index in [4.69, 9.17) is 0 Å². The number of rotatable bonds is 0. The van der Waals surface area contributed by atoms with Crippen molar-refractivity contribution in [3.05, 3.63) is 0 Å². The van der Waals surface area contributed by atoms with Crippen LogP contribution in [-0.4, -0.2) is 0 Å². The van der Waals surface area contributed by atoms with E-state index < -0.39 is 0 Å². The van der Waals surface area contributed by atoms with Crippen LogP contribution in [0.1, 0.15) is 0 Å². The van der Waals surface area contributed by atoms with Crippen molar-refractivity contribution in [1.29, 1.82) is 0 Å². The molecule has 0 aliphatic carbocycles. The zero-order valence-corrected chi connectivity index (χ0v) is 12.0. The largest absolute Gasteiger partial charge is 3.00 e. The Kier molecular flexibility index (Phi) is 1290. The first kappa shape index (κ1) is 122. The van der Waals surface area contributed by atoms with E-state index in [1.54, 1.807) is 0 Å². The Morgan fingerprint density at radius 1 is 0.333 bits per heavy atom. The summed E-state index contributed by atoms with van der Waals surface area (Å²) < 4.78 is 0. The van der Waals surface area contributed by atoms with Gasteiger partial charge in [0.1, 0.15) is 0 Å². The molecule has 9 heteroatoms. The predicted molar refractivity (Wildman–Crippen MR) is 36.8 cm³/mol. The minimum absolute atomic E-state index is 0. The molecule has 0 aromatic rings. The Morgan fingerprint density at radius 3 is 0.333 bits per heavy atom. The molecular weight excluding hydrogens is 384 g/mol. The van der Waals surface area contributed by atoms with Gasteiger partial charge in [-0.05, 0) is 0 Å². The van der Waals surface area contributed by atoms with E-state index in [1.165, 1.54) is 0 Å². The number of hydrogen-bond acceptors (Lipinski definition) is 0. The van der Waals surface area contributed by atoms with Crippen molar-refractivity contribution in [3.63, 3.8) is 0 Å². The van der Waals surface area contributed by atoms with Crippen LogP contribution in [0.4, 0.5) is 0 Å². The fourth-order valence-electron chi connectivity index (χ4n) is 0. The molecular formula is Fe4S5. The van der Waals surface area contributed by atoms with Gasteiger partial charge in [-0.3, -0.25) is 0 Å². The molecule has 0 rings (SSSR count). The quantitative estimate of drug-likeness (QED) is 0.516. The van der Waals surface area contributed by atoms with Gasteiger partial charge in [0.2, 0.25) is 0 Å². The molecule has 9 heavy (non-hydrogen) atoms. The SMILES string of the molecule is [Fe+2].[Fe+2].[Fe+3].[Fe+3].[S-2].[S-2].[S-2].[S-2].[S-2]. The van der Waals surface area contributed by atoms with Crippen LogP contribution in [0.5, 0.6) is 0 Å². The maximum absolute atomic E-state index is 0. The Hall–Kier alpha value is 3.83. The molecule has 0 unspecified atom stereocenters. The maximum atomic E-state index is 0. The first-order valence-corrected chi connectivity index (χ1v) is 0. The standard InChI is InChI=1S/4Fe.5S/q2*+2;2*+3;5*-2. The van der Waals surface area contributed by atoms with Gasteiger partial charge < -0.3 is 67.5 Å². The van der Waals surface area contributed by atoms with Gasteiger partial charge in [0.05, 0.1) is 0 Å². The van der Waals surface area contributed by atoms with Crippen LogP contribution >= 0.6 is 0 Å². The van der Waals surface area contributed by atoms with Crippen molar-refractivity contribution in [3.8, 4) is 0 Å². The zero-order chi connectivity index (χ0) is 0. The topological polar surface area (TPSA) is 0 Å². The second kappa shape index (κ2) is 94.6. The Morgan fingerprint density at radius 2 is 0.333 bits per heavy atom. The fraction of sp³-hybridized carbons (Fsp3) is 0. The summed E-state index contributed by atoms with van der Waals surface area (Å²) in [5, 5.41) is 0. The van der Waals surface area contributed by atoms with Gasteiger partial charge in [0.15, 0.2) is 0 Å². The third-order valence-electron chi connectivity index (χ3n) is 0. The summed E-state index contributed by atoms with van der Waals surface area (Å²) in [5.41, 5.74) is 0. The van der Waals surface area contributed by atoms with Crippen LogP contribution in [0.3, 0.4) is 0 Å². The Balaban J connectivity index is 0. The van der Waals surface area contributed by atoms with Crippen LogP contribution in [0.25, 0.3) is 0 Å². The van der Waals surface area contributed by atoms with Crippen LogP contribution in [0, 0.1) is 0 Å². The summed E-state index contributed by atoms with van der Waals surface area (Å²) >= 11 is 0. The summed E-state index contributed by atoms with van der Waals surface area (Å²) in [4.78, 5) is 0. The molecule has 0 bridgehead atoms. The van der Waals surface area contributed by atoms with Gasteiger partial charge >= 0.3 is 68.3 Å². The molecule has 0 amide bonds. The normalized spacial score (nSPS) is 0. The van der Waals surface area contributed by atoms with Gasteiger partial charge in [-0.15, -0.1) is 0 Å². The summed E-state index contributed by atoms with van der Waals surface area (Å²) in [6.45, 7) is 0. The Labute approximate surface area is 134 Å². The molecule has 0 spiro atoms. The van der Waals surface area contributed by atoms with E-state index in [0.717, 1.165) is 0 Å². The Bertz CT molecular complexity index is 8.92. The molecule has 0 heterocycles. The summed E-state index contributed by atoms with van der Waals surface area (Å²) in [6.07, 6.45) is 0. The van der Waals surface area contributed by atoms with E-state index in [9.17, 15) is 0 Å². The second-order valence-electron chi connectivity index (χ2n) is 0. The summed E-state index contributed by atoms with van der Waals surface area (Å²) in [5.74, 6) is 0. The average Bonchev–Trinajstić information content (AvgIpc) is 0. The molecule has 0 saturated heterocycles. The number of hydrogen-bond donors (Lipinski definition) is 0. The summed E-state index contributed by atoms with van der Waals surface area (Å²) in [6, 6.07) is 0. The van der Waals surface area contributed by atoms with E-state index in [1.807, 2.05) is 0 Å². The average molecular weight is 384 g/mol. The molecule has 0 atom stereocenters. The third kappa shape index (κ3) is 78.0. The van der Waals surface area contributed by atoms with Crippen molar-refractivity contribution in [2.45, 2.75) is 0 Å². The molecule has 0 aliphatic heterocycles. The van der Waals surface area contributed by atoms with Crippen molar-refractivity contribution in [1.82, 2.24) is 0 Å². The molecule has 0 N–H and O–H groups in total. The predicted octanol–water partition coefficient (Wildman–Crippen LogP) is -0.0220. The van der Waals surface area contributed by atoms with E-state index >= 15 is 0 Å². The molecule has 0 aromatic heterocycles. The van der Waals surface area contributed by atoms with Gasteiger partial charge in [-0.2, -0.15) is 0 Å². The molecule has 2 radical (unpaired) electrons. The smallest absolute Gasteiger partial charge is 2.00 e. The van der Waals surface area contributed by atoms with Gasteiger partial charge in [-0.25, -0.2) is 0 Å². The molecule has 0 aromatic carbocycles. The first-order valence-electron chi connectivity index (χ1n) is 0. The van der Waals surface area contributed by atoms with E-state index in [-0.39, 0.29) is 136 Å². The van der Waals surface area contributed by atoms with E-state index in [2.05, 4.69) is 0 Å². The van der Waals surface area contributed by atoms with Crippen molar-refractivity contribution in [2.75, 3.05) is 0 Å². The van der Waals surface area contributed by atoms with Crippen LogP contribution in [-0.2, 0) is 136 Å². The van der Waals surface area contributed by atoms with Crippen LogP contribution in [0.2, 0.25) is 0 Å². The second-order valence-corrected chi connectivity index (χ2v) is 0. The van der Waals surface area contributed by atoms with Crippen LogP contribution < -0.4 is 0 Å². The minimum Gasteiger partial charge on any atom is -2.00 e. The minimum atomic E-state index is 0. The van der Waals surface area contributed by atoms with Crippen molar-refractivity contribution in [2.24, 2.45) is 0 Å². The van der Waals surface area contributed by atoms with E-state index in [0.29, 0.717) is 0 Å². The van der Waals surface area contributed by atoms with Gasteiger partial charge in [-0.1, -0.05) is 0 Å². The van der Waals surface area contributed by atoms with Gasteiger partial charge in [0.25, 0.3) is 0 Å². The van der Waals surface area contributed by atoms with Crippen molar-refractivity contribution < 1.29 is 68.3 Å². The van der Waals surface area contributed by atoms with Gasteiger partial charge in [0, 0.05) is 0 Å². The zero-order valence-electron chi connectivity index (χ0n) is 3.46. The molecule has 0 saturated carbocycles. The fourth-order valence-corrected chi connectivity index (χ4v) is 0. The van der Waals surface area contributed by atoms with Crippen molar-refractivity contribution >= 4 is 67.5 Å². The third-order valence-corrected chi connectivity index (χ3v) is 0. The summed E-state index contributed by atoms with van der Waals surface area (Å²) in [7, 11) is 0. The molecule has 62 valence electrons. The maximum Gasteiger partial charge on any atom is 3.00 e.